The van der Waals surface area contributed by atoms with Crippen LogP contribution >= 0.6 is 31.9 Å². The summed E-state index contributed by atoms with van der Waals surface area (Å²) in [5, 5.41) is 84.6. The van der Waals surface area contributed by atoms with Crippen LogP contribution in [0, 0.1) is 60.4 Å². The number of alkyl halides is 8. The average molecular weight is 2000 g/mol. The molecule has 1 saturated heterocycles. The van der Waals surface area contributed by atoms with E-state index in [0.29, 0.717) is 50.9 Å². The van der Waals surface area contributed by atoms with Crippen LogP contribution in [-0.2, 0) is 81.6 Å². The minimum absolute atomic E-state index is 0.295. The van der Waals surface area contributed by atoms with Crippen molar-refractivity contribution in [3.8, 4) is 28.0 Å². The van der Waals surface area contributed by atoms with Crippen LogP contribution in [-0.4, -0.2) is 146 Å². The van der Waals surface area contributed by atoms with Crippen LogP contribution in [0.25, 0.3) is 22.3 Å². The first-order valence-electron chi connectivity index (χ1n) is 39.7. The highest BCUT2D eigenvalue weighted by Crippen LogP contribution is 2.52. The second-order valence-corrected chi connectivity index (χ2v) is 33.0. The number of aliphatic hydroxyl groups is 4. The molecule has 1 aliphatic rings. The van der Waals surface area contributed by atoms with Crippen molar-refractivity contribution in [1.82, 2.24) is 101 Å². The number of hydrogen-bond acceptors (Lipinski definition) is 23. The summed E-state index contributed by atoms with van der Waals surface area (Å²) in [4.78, 5) is 14.9. The molecule has 4 N–H and O–H groups in total. The lowest BCUT2D eigenvalue weighted by Gasteiger charge is -2.35. The third-order valence-corrected chi connectivity index (χ3v) is 22.4. The van der Waals surface area contributed by atoms with Gasteiger partial charge in [0.25, 0.3) is 0 Å². The van der Waals surface area contributed by atoms with E-state index in [1.165, 1.54) is 36.7 Å². The first kappa shape index (κ1) is 99.9. The smallest absolute Gasteiger partial charge is 0.494 e. The van der Waals surface area contributed by atoms with E-state index in [4.69, 9.17) is 14.0 Å². The van der Waals surface area contributed by atoms with Gasteiger partial charge in [0, 0.05) is 91.4 Å². The van der Waals surface area contributed by atoms with E-state index in [0.717, 1.165) is 163 Å². The Morgan fingerprint density at radius 1 is 0.351 bits per heavy atom. The predicted molar refractivity (Wildman–Crippen MR) is 454 cm³/mol. The number of nitrogens with zero attached hydrogens (tertiary/aromatic N) is 20. The Bertz CT molecular complexity index is 6060. The fraction of sp³-hybridized carbons (Fsp3) is 0.250. The minimum Gasteiger partial charge on any atom is -0.494 e. The van der Waals surface area contributed by atoms with Gasteiger partial charge in [0.15, 0.2) is 22.4 Å². The molecule has 0 unspecified atom stereocenters. The van der Waals surface area contributed by atoms with E-state index in [2.05, 4.69) is 142 Å². The molecular formula is C88H75BBr2F16N20O7. The molecule has 4 atom stereocenters. The van der Waals surface area contributed by atoms with Crippen molar-refractivity contribution < 1.29 is 105 Å². The fourth-order valence-electron chi connectivity index (χ4n) is 13.5. The number of halogens is 18. The van der Waals surface area contributed by atoms with Gasteiger partial charge >= 0.3 is 30.8 Å². The Morgan fingerprint density at radius 2 is 0.612 bits per heavy atom. The van der Waals surface area contributed by atoms with Crippen molar-refractivity contribution >= 4 is 44.4 Å². The Balaban J connectivity index is 0.000000153. The first-order chi connectivity index (χ1) is 63.2. The number of hydrogen-bond donors (Lipinski definition) is 4. The van der Waals surface area contributed by atoms with Crippen molar-refractivity contribution in [2.75, 3.05) is 6.61 Å². The van der Waals surface area contributed by atoms with E-state index >= 15 is 35.1 Å². The standard InChI is InChI=1S/2C22H17F4N5O.2C15H10BrF4N5O.C14H21BO3/c2*1-14-2-4-15(5-3-14)16-6-9-20(27-11-16)22(25,26)21(32,12-31-13-28-29-30-31)18-8-7-17(23)10-19(18)24;2*16-9-1-4-13(21-6-9)15(19,20)14(26,7-25-8-22-23-24-25)11-3-2-10(17)5-12(11)18;1-6-16-12-9-7-11(8-10-12)15-17-13(2,3)14(4,5)18-15/h2*2-11,13,32H,12H2,1H3;2*1-6,8,26H,7H2;7-10H,6H2,1-5H3/t2*21-;2*14-;/m1010./s1. The maximum absolute atomic E-state index is 15.7. The molecule has 27 nitrogen and oxygen atoms in total. The molecule has 1 aliphatic heterocycles. The molecule has 0 bridgehead atoms. The number of ether oxygens (including phenoxy) is 1. The van der Waals surface area contributed by atoms with Crippen LogP contribution in [0.4, 0.5) is 70.2 Å². The summed E-state index contributed by atoms with van der Waals surface area (Å²) in [5.41, 5.74) is -13.9. The molecule has 0 spiro atoms. The lowest BCUT2D eigenvalue weighted by Crippen LogP contribution is -2.48. The van der Waals surface area contributed by atoms with Crippen LogP contribution in [0.2, 0.25) is 0 Å². The average Bonchev–Trinajstić information content (AvgIpc) is 0.896. The summed E-state index contributed by atoms with van der Waals surface area (Å²) in [6, 6.07) is 40.0. The van der Waals surface area contributed by atoms with Crippen molar-refractivity contribution in [2.24, 2.45) is 0 Å². The van der Waals surface area contributed by atoms with Crippen LogP contribution < -0.4 is 10.2 Å². The fourth-order valence-corrected chi connectivity index (χ4v) is 14.0. The monoisotopic (exact) mass is 2000 g/mol. The molecule has 8 aromatic heterocycles. The first-order valence-corrected chi connectivity index (χ1v) is 41.3. The van der Waals surface area contributed by atoms with E-state index in [9.17, 15) is 55.5 Å². The van der Waals surface area contributed by atoms with Gasteiger partial charge in [-0.2, -0.15) is 35.1 Å². The molecule has 0 radical (unpaired) electrons. The second kappa shape index (κ2) is 40.8. The number of pyridine rings is 4. The van der Waals surface area contributed by atoms with Gasteiger partial charge in [0.1, 0.15) is 100 Å². The molecule has 46 heteroatoms. The highest BCUT2D eigenvalue weighted by molar-refractivity contribution is 9.10. The molecule has 0 amide bonds. The van der Waals surface area contributed by atoms with Gasteiger partial charge in [-0.25, -0.2) is 53.9 Å². The lowest BCUT2D eigenvalue weighted by atomic mass is 9.79. The quantitative estimate of drug-likeness (QED) is 0.0305. The number of tetrazole rings is 4. The Morgan fingerprint density at radius 3 is 0.836 bits per heavy atom. The molecule has 698 valence electrons. The van der Waals surface area contributed by atoms with Gasteiger partial charge in [0.05, 0.1) is 44.0 Å². The van der Waals surface area contributed by atoms with Gasteiger partial charge in [0.2, 0.25) is 0 Å². The molecule has 0 saturated carbocycles. The third-order valence-electron chi connectivity index (χ3n) is 21.5. The van der Waals surface area contributed by atoms with Gasteiger partial charge in [-0.1, -0.05) is 83.9 Å². The molecule has 15 aromatic rings. The predicted octanol–water partition coefficient (Wildman–Crippen LogP) is 16.0. The van der Waals surface area contributed by atoms with E-state index in [1.54, 1.807) is 0 Å². The van der Waals surface area contributed by atoms with E-state index < -0.39 is 164 Å². The van der Waals surface area contributed by atoms with Crippen molar-refractivity contribution in [2.45, 2.75) is 132 Å². The summed E-state index contributed by atoms with van der Waals surface area (Å²) in [6.45, 7) is 11.1. The van der Waals surface area contributed by atoms with Crippen LogP contribution in [0.3, 0.4) is 0 Å². The Hall–Kier alpha value is -13.1. The molecule has 0 aliphatic carbocycles. The normalized spacial score (nSPS) is 14.9. The Labute approximate surface area is 768 Å². The molecule has 7 aromatic carbocycles. The maximum atomic E-state index is 15.7. The highest BCUT2D eigenvalue weighted by Gasteiger charge is 2.62. The maximum Gasteiger partial charge on any atom is 0.494 e. The van der Waals surface area contributed by atoms with E-state index in [-0.39, 0.29) is 18.3 Å². The SMILES string of the molecule is CCOc1ccc(B2OC(C)(C)C(C)(C)O2)cc1.Cc1ccc(-c2ccc(C(F)(F)[C@@](O)(Cn3cnnn3)c3ccc(F)cc3F)nc2)cc1.Cc1ccc(-c2ccc(C(F)(F)[C@](O)(Cn3cnnn3)c3ccc(F)cc3F)nc2)cc1.O[C@@](Cn1cnnn1)(c1ccc(F)cc1F)C(F)(F)c1ccc(Br)cn1.O[C@](Cn1cnnn1)(c1ccc(F)cc1F)C(F)(F)c1ccc(Br)cn1. The van der Waals surface area contributed by atoms with Crippen LogP contribution in [0.5, 0.6) is 5.75 Å². The van der Waals surface area contributed by atoms with Gasteiger partial charge < -0.3 is 34.5 Å². The Kier molecular flexibility index (Phi) is 30.4. The van der Waals surface area contributed by atoms with Gasteiger partial charge in [-0.3, -0.25) is 19.9 Å². The summed E-state index contributed by atoms with van der Waals surface area (Å²) in [5.74, 6) is -24.7. The van der Waals surface area contributed by atoms with Crippen molar-refractivity contribution in [3.63, 3.8) is 0 Å². The zero-order valence-electron chi connectivity index (χ0n) is 71.0. The second-order valence-electron chi connectivity index (χ2n) is 31.2. The number of aromatic nitrogens is 20. The number of rotatable bonds is 25. The molecule has 16 rings (SSSR count). The van der Waals surface area contributed by atoms with Crippen LogP contribution in [0.1, 0.15) is 90.8 Å². The lowest BCUT2D eigenvalue weighted by molar-refractivity contribution is -0.207. The number of aryl methyl sites for hydroxylation is 2. The summed E-state index contributed by atoms with van der Waals surface area (Å²) in [6.07, 6.45) is 8.67. The molecule has 9 heterocycles. The molecule has 134 heavy (non-hydrogen) atoms. The summed E-state index contributed by atoms with van der Waals surface area (Å²) in [7, 11) is -0.300. The molecule has 1 fully saturated rings. The minimum atomic E-state index is -4.09. The van der Waals surface area contributed by atoms with Crippen molar-refractivity contribution in [1.29, 1.82) is 0 Å². The molecular weight excluding hydrogens is 1920 g/mol. The topological polar surface area (TPSA) is 335 Å². The number of benzene rings is 7. The van der Waals surface area contributed by atoms with Crippen LogP contribution in [0.15, 0.2) is 253 Å². The largest absolute Gasteiger partial charge is 0.494 e. The zero-order valence-corrected chi connectivity index (χ0v) is 74.1. The van der Waals surface area contributed by atoms with E-state index in [1.807, 2.05) is 93.6 Å². The third kappa shape index (κ3) is 21.9. The van der Waals surface area contributed by atoms with Gasteiger partial charge in [-0.05, 0) is 236 Å². The van der Waals surface area contributed by atoms with Gasteiger partial charge in [-0.15, -0.1) is 20.4 Å². The highest BCUT2D eigenvalue weighted by atomic mass is 79.9. The zero-order chi connectivity index (χ0) is 97.2. The summed E-state index contributed by atoms with van der Waals surface area (Å²) >= 11 is 6.15. The summed E-state index contributed by atoms with van der Waals surface area (Å²) < 4.78 is 256. The van der Waals surface area contributed by atoms with Crippen molar-refractivity contribution in [3.05, 3.63) is 356 Å².